The molecule has 0 unspecified atom stereocenters. The van der Waals surface area contributed by atoms with Crippen molar-refractivity contribution >= 4 is 18.1 Å². The minimum absolute atomic E-state index is 0.0924. The summed E-state index contributed by atoms with van der Waals surface area (Å²) in [6.45, 7) is 2.20. The molecule has 1 amide bonds. The lowest BCUT2D eigenvalue weighted by molar-refractivity contribution is -0.121. The van der Waals surface area contributed by atoms with E-state index in [1.807, 2.05) is 6.07 Å². The monoisotopic (exact) mass is 424 g/mol. The SMILES string of the molecule is CCCCCCCCCC(=O)NN=Cc1ccc(OC(=O)c2ccccc2)c(OC)c1. The van der Waals surface area contributed by atoms with Crippen molar-refractivity contribution in [2.75, 3.05) is 7.11 Å². The Balaban J connectivity index is 1.79. The Morgan fingerprint density at radius 1 is 0.935 bits per heavy atom. The number of hydrogen-bond donors (Lipinski definition) is 1. The van der Waals surface area contributed by atoms with Gasteiger partial charge in [0.25, 0.3) is 0 Å². The third-order valence-electron chi connectivity index (χ3n) is 4.81. The molecule has 0 fully saturated rings. The molecule has 0 saturated carbocycles. The van der Waals surface area contributed by atoms with E-state index in [4.69, 9.17) is 9.47 Å². The number of carbonyl (C=O) groups is 2. The molecule has 0 atom stereocenters. The predicted molar refractivity (Wildman–Crippen MR) is 123 cm³/mol. The average molecular weight is 425 g/mol. The highest BCUT2D eigenvalue weighted by molar-refractivity contribution is 5.91. The first-order chi connectivity index (χ1) is 15.1. The maximum Gasteiger partial charge on any atom is 0.343 e. The standard InChI is InChI=1S/C25H32N2O4/c1-3-4-5-6-7-8-12-15-24(28)27-26-19-20-16-17-22(23(18-20)30-2)31-25(29)21-13-10-9-11-14-21/h9-11,13-14,16-19H,3-8,12,15H2,1-2H3,(H,27,28). The summed E-state index contributed by atoms with van der Waals surface area (Å²) in [5.41, 5.74) is 3.73. The molecule has 1 N–H and O–H groups in total. The van der Waals surface area contributed by atoms with E-state index >= 15 is 0 Å². The quantitative estimate of drug-likeness (QED) is 0.151. The first-order valence-electron chi connectivity index (χ1n) is 10.9. The van der Waals surface area contributed by atoms with E-state index in [0.717, 1.165) is 12.8 Å². The first-order valence-corrected chi connectivity index (χ1v) is 10.9. The second-order valence-electron chi connectivity index (χ2n) is 7.33. The first kappa shape index (κ1) is 24.1. The number of hydrogen-bond acceptors (Lipinski definition) is 5. The molecule has 6 heteroatoms. The van der Waals surface area contributed by atoms with Gasteiger partial charge in [-0.05, 0) is 42.3 Å². The van der Waals surface area contributed by atoms with Crippen LogP contribution in [-0.2, 0) is 4.79 Å². The molecule has 166 valence electrons. The molecule has 0 aromatic heterocycles. The molecular weight excluding hydrogens is 392 g/mol. The number of nitrogens with one attached hydrogen (secondary N) is 1. The van der Waals surface area contributed by atoms with E-state index < -0.39 is 5.97 Å². The highest BCUT2D eigenvalue weighted by Crippen LogP contribution is 2.28. The molecule has 0 aliphatic heterocycles. The van der Waals surface area contributed by atoms with Gasteiger partial charge < -0.3 is 9.47 Å². The van der Waals surface area contributed by atoms with Crippen molar-refractivity contribution in [1.29, 1.82) is 0 Å². The molecule has 0 aliphatic carbocycles. The summed E-state index contributed by atoms with van der Waals surface area (Å²) < 4.78 is 10.8. The van der Waals surface area contributed by atoms with E-state index in [1.54, 1.807) is 42.5 Å². The number of ether oxygens (including phenoxy) is 2. The fourth-order valence-corrected chi connectivity index (χ4v) is 3.06. The largest absolute Gasteiger partial charge is 0.493 e. The lowest BCUT2D eigenvalue weighted by atomic mass is 10.1. The number of nitrogens with zero attached hydrogens (tertiary/aromatic N) is 1. The van der Waals surface area contributed by atoms with Crippen LogP contribution in [0.2, 0.25) is 0 Å². The van der Waals surface area contributed by atoms with E-state index in [-0.39, 0.29) is 5.91 Å². The van der Waals surface area contributed by atoms with Gasteiger partial charge in [-0.2, -0.15) is 5.10 Å². The van der Waals surface area contributed by atoms with E-state index in [1.165, 1.54) is 45.4 Å². The van der Waals surface area contributed by atoms with Gasteiger partial charge >= 0.3 is 5.97 Å². The highest BCUT2D eigenvalue weighted by Gasteiger charge is 2.12. The number of carbonyl (C=O) groups excluding carboxylic acids is 2. The molecule has 2 rings (SSSR count). The number of amides is 1. The Labute approximate surface area is 184 Å². The van der Waals surface area contributed by atoms with Gasteiger partial charge in [0.1, 0.15) is 0 Å². The van der Waals surface area contributed by atoms with Crippen molar-refractivity contribution in [1.82, 2.24) is 5.43 Å². The molecular formula is C25H32N2O4. The van der Waals surface area contributed by atoms with E-state index in [2.05, 4.69) is 17.5 Å². The van der Waals surface area contributed by atoms with Gasteiger partial charge in [-0.25, -0.2) is 10.2 Å². The second-order valence-corrected chi connectivity index (χ2v) is 7.33. The number of benzene rings is 2. The van der Waals surface area contributed by atoms with Crippen LogP contribution in [0.4, 0.5) is 0 Å². The molecule has 2 aromatic carbocycles. The van der Waals surface area contributed by atoms with E-state index in [9.17, 15) is 9.59 Å². The molecule has 0 radical (unpaired) electrons. The van der Waals surface area contributed by atoms with Crippen molar-refractivity contribution in [3.05, 3.63) is 59.7 Å². The van der Waals surface area contributed by atoms with Crippen LogP contribution in [0.5, 0.6) is 11.5 Å². The molecule has 0 bridgehead atoms. The zero-order chi connectivity index (χ0) is 22.3. The van der Waals surface area contributed by atoms with Crippen LogP contribution < -0.4 is 14.9 Å². The molecule has 0 aliphatic rings. The van der Waals surface area contributed by atoms with Crippen molar-refractivity contribution in [3.8, 4) is 11.5 Å². The number of unbranched alkanes of at least 4 members (excludes halogenated alkanes) is 6. The fraction of sp³-hybridized carbons (Fsp3) is 0.400. The van der Waals surface area contributed by atoms with Gasteiger partial charge in [-0.1, -0.05) is 63.6 Å². The third-order valence-corrected chi connectivity index (χ3v) is 4.81. The van der Waals surface area contributed by atoms with Crippen molar-refractivity contribution < 1.29 is 19.1 Å². The Bertz CT molecular complexity index is 850. The summed E-state index contributed by atoms with van der Waals surface area (Å²) in [6, 6.07) is 13.8. The minimum Gasteiger partial charge on any atom is -0.493 e. The summed E-state index contributed by atoms with van der Waals surface area (Å²) in [5, 5.41) is 4.01. The maximum absolute atomic E-state index is 12.2. The number of esters is 1. The number of rotatable bonds is 13. The number of methoxy groups -OCH3 is 1. The van der Waals surface area contributed by atoms with Gasteiger partial charge in [0.05, 0.1) is 18.9 Å². The van der Waals surface area contributed by atoms with Crippen LogP contribution in [0, 0.1) is 0 Å². The molecule has 2 aromatic rings. The highest BCUT2D eigenvalue weighted by atomic mass is 16.6. The van der Waals surface area contributed by atoms with Crippen LogP contribution >= 0.6 is 0 Å². The van der Waals surface area contributed by atoms with Crippen LogP contribution in [0.1, 0.15) is 74.2 Å². The lowest BCUT2D eigenvalue weighted by Gasteiger charge is -2.10. The van der Waals surface area contributed by atoms with Crippen LogP contribution in [0.25, 0.3) is 0 Å². The normalized spacial score (nSPS) is 10.8. The second kappa shape index (κ2) is 14.0. The average Bonchev–Trinajstić information content (AvgIpc) is 2.79. The van der Waals surface area contributed by atoms with Gasteiger partial charge in [0, 0.05) is 6.42 Å². The molecule has 6 nitrogen and oxygen atoms in total. The van der Waals surface area contributed by atoms with Gasteiger partial charge in [-0.3, -0.25) is 4.79 Å². The van der Waals surface area contributed by atoms with Crippen molar-refractivity contribution in [2.45, 2.75) is 58.3 Å². The molecule has 0 heterocycles. The Hall–Kier alpha value is -3.15. The number of hydrazone groups is 1. The summed E-state index contributed by atoms with van der Waals surface area (Å²) in [7, 11) is 1.50. The molecule has 0 saturated heterocycles. The topological polar surface area (TPSA) is 77.0 Å². The third kappa shape index (κ3) is 9.03. The minimum atomic E-state index is -0.460. The van der Waals surface area contributed by atoms with Gasteiger partial charge in [0.15, 0.2) is 11.5 Å². The van der Waals surface area contributed by atoms with Gasteiger partial charge in [0.2, 0.25) is 5.91 Å². The van der Waals surface area contributed by atoms with Crippen LogP contribution in [0.3, 0.4) is 0 Å². The Morgan fingerprint density at radius 2 is 1.65 bits per heavy atom. The summed E-state index contributed by atoms with van der Waals surface area (Å²) in [4.78, 5) is 24.1. The van der Waals surface area contributed by atoms with Crippen LogP contribution in [-0.4, -0.2) is 25.2 Å². The van der Waals surface area contributed by atoms with E-state index in [0.29, 0.717) is 29.0 Å². The zero-order valence-corrected chi connectivity index (χ0v) is 18.4. The Morgan fingerprint density at radius 3 is 2.35 bits per heavy atom. The fourth-order valence-electron chi connectivity index (χ4n) is 3.06. The molecule has 0 spiro atoms. The van der Waals surface area contributed by atoms with Crippen molar-refractivity contribution in [2.24, 2.45) is 5.10 Å². The zero-order valence-electron chi connectivity index (χ0n) is 18.4. The summed E-state index contributed by atoms with van der Waals surface area (Å²) in [6.07, 6.45) is 10.2. The van der Waals surface area contributed by atoms with Crippen LogP contribution in [0.15, 0.2) is 53.6 Å². The smallest absolute Gasteiger partial charge is 0.343 e. The summed E-state index contributed by atoms with van der Waals surface area (Å²) >= 11 is 0. The Kier molecular flexibility index (Phi) is 10.9. The molecule has 31 heavy (non-hydrogen) atoms. The lowest BCUT2D eigenvalue weighted by Crippen LogP contribution is -2.16. The summed E-state index contributed by atoms with van der Waals surface area (Å²) in [5.74, 6) is 0.169. The van der Waals surface area contributed by atoms with Crippen molar-refractivity contribution in [3.63, 3.8) is 0 Å². The maximum atomic E-state index is 12.2. The predicted octanol–water partition coefficient (Wildman–Crippen LogP) is 5.51. The van der Waals surface area contributed by atoms with Gasteiger partial charge in [-0.15, -0.1) is 0 Å².